The number of nitrogens with one attached hydrogen (secondary N) is 1. The number of halogens is 6. The molecule has 3 rings (SSSR count). The molecular formula is C21H15ClF5N3O2. The lowest BCUT2D eigenvalue weighted by molar-refractivity contribution is -0.189. The monoisotopic (exact) mass is 471 g/mol. The quantitative estimate of drug-likeness (QED) is 0.466. The molecule has 1 atom stereocenters. The van der Waals surface area contributed by atoms with Crippen LogP contribution in [0.3, 0.4) is 0 Å². The van der Waals surface area contributed by atoms with Crippen molar-refractivity contribution in [2.45, 2.75) is 26.1 Å². The highest BCUT2D eigenvalue weighted by molar-refractivity contribution is 6.34. The first kappa shape index (κ1) is 23.4. The summed E-state index contributed by atoms with van der Waals surface area (Å²) in [5.41, 5.74) is -0.692. The van der Waals surface area contributed by atoms with Crippen molar-refractivity contribution in [1.29, 1.82) is 0 Å². The fourth-order valence-corrected chi connectivity index (χ4v) is 2.83. The van der Waals surface area contributed by atoms with Gasteiger partial charge >= 0.3 is 6.18 Å². The Hall–Kier alpha value is -3.27. The van der Waals surface area contributed by atoms with Crippen molar-refractivity contribution in [3.8, 4) is 17.0 Å². The van der Waals surface area contributed by atoms with Crippen LogP contribution in [0.25, 0.3) is 11.3 Å². The van der Waals surface area contributed by atoms with Gasteiger partial charge in [-0.1, -0.05) is 17.7 Å². The number of ether oxygens (including phenoxy) is 1. The molecule has 1 aromatic heterocycles. The molecule has 1 unspecified atom stereocenters. The first-order valence-electron chi connectivity index (χ1n) is 9.10. The van der Waals surface area contributed by atoms with Crippen molar-refractivity contribution in [1.82, 2.24) is 10.2 Å². The molecule has 1 heterocycles. The summed E-state index contributed by atoms with van der Waals surface area (Å²) in [6, 6.07) is 8.14. The molecule has 0 aliphatic carbocycles. The average molecular weight is 472 g/mol. The predicted molar refractivity (Wildman–Crippen MR) is 108 cm³/mol. The number of alkyl halides is 3. The molecule has 0 aliphatic heterocycles. The summed E-state index contributed by atoms with van der Waals surface area (Å²) in [6.07, 6.45) is -7.09. The van der Waals surface area contributed by atoms with E-state index in [2.05, 4.69) is 15.5 Å². The zero-order chi connectivity index (χ0) is 23.6. The molecule has 0 bridgehead atoms. The number of para-hydroxylation sites is 1. The summed E-state index contributed by atoms with van der Waals surface area (Å²) in [6.45, 7) is 2.37. The van der Waals surface area contributed by atoms with Gasteiger partial charge in [0.2, 0.25) is 0 Å². The van der Waals surface area contributed by atoms with E-state index in [1.807, 2.05) is 0 Å². The summed E-state index contributed by atoms with van der Waals surface area (Å²) in [4.78, 5) is 12.7. The predicted octanol–water partition coefficient (Wildman–Crippen LogP) is 5.97. The number of carbonyl (C=O) groups is 1. The first-order chi connectivity index (χ1) is 15.0. The number of hydrogen-bond donors (Lipinski definition) is 1. The second-order valence-corrected chi connectivity index (χ2v) is 7.15. The molecule has 3 aromatic rings. The smallest absolute Gasteiger partial charge is 0.425 e. The van der Waals surface area contributed by atoms with Crippen molar-refractivity contribution >= 4 is 23.2 Å². The van der Waals surface area contributed by atoms with E-state index in [1.54, 1.807) is 6.92 Å². The second kappa shape index (κ2) is 9.07. The molecule has 32 heavy (non-hydrogen) atoms. The van der Waals surface area contributed by atoms with Gasteiger partial charge in [-0.2, -0.15) is 23.4 Å². The zero-order valence-electron chi connectivity index (χ0n) is 16.6. The number of benzene rings is 2. The van der Waals surface area contributed by atoms with Crippen molar-refractivity contribution < 1.29 is 31.5 Å². The van der Waals surface area contributed by atoms with Crippen molar-refractivity contribution in [3.63, 3.8) is 0 Å². The molecule has 1 amide bonds. The van der Waals surface area contributed by atoms with Gasteiger partial charge in [0.15, 0.2) is 6.10 Å². The molecule has 0 aliphatic rings. The van der Waals surface area contributed by atoms with Crippen molar-refractivity contribution in [3.05, 3.63) is 70.4 Å². The minimum Gasteiger partial charge on any atom is -0.480 e. The van der Waals surface area contributed by atoms with Gasteiger partial charge in [0, 0.05) is 5.56 Å². The number of aryl methyl sites for hydroxylation is 1. The molecule has 0 fully saturated rings. The van der Waals surface area contributed by atoms with Gasteiger partial charge in [-0.25, -0.2) is 8.78 Å². The van der Waals surface area contributed by atoms with Crippen molar-refractivity contribution in [2.75, 3.05) is 5.32 Å². The summed E-state index contributed by atoms with van der Waals surface area (Å²) in [7, 11) is 0. The number of carbonyl (C=O) groups excluding carboxylic acids is 1. The second-order valence-electron chi connectivity index (χ2n) is 6.74. The molecule has 0 saturated heterocycles. The maximum Gasteiger partial charge on any atom is 0.425 e. The molecule has 0 spiro atoms. The maximum absolute atomic E-state index is 14.8. The lowest BCUT2D eigenvalue weighted by atomic mass is 10.1. The van der Waals surface area contributed by atoms with Crippen LogP contribution in [-0.4, -0.2) is 28.4 Å². The van der Waals surface area contributed by atoms with Crippen LogP contribution < -0.4 is 10.1 Å². The molecule has 0 radical (unpaired) electrons. The highest BCUT2D eigenvalue weighted by atomic mass is 35.5. The molecular weight excluding hydrogens is 457 g/mol. The van der Waals surface area contributed by atoms with Gasteiger partial charge in [-0.05, 0) is 50.2 Å². The third-order valence-electron chi connectivity index (χ3n) is 4.35. The Bertz CT molecular complexity index is 1130. The topological polar surface area (TPSA) is 64.1 Å². The number of amides is 1. The van der Waals surface area contributed by atoms with E-state index < -0.39 is 46.8 Å². The van der Waals surface area contributed by atoms with E-state index in [9.17, 15) is 26.7 Å². The van der Waals surface area contributed by atoms with Crippen LogP contribution in [0.2, 0.25) is 5.02 Å². The standard InChI is InChI=1S/C21H15ClF5N3O2/c1-10-6-7-17(30-29-10)12-9-18(32-11(2)21(25,26)27)13(8-16(12)24)20(31)28-19-14(22)4-3-5-15(19)23/h3-9,11H,1-2H3,(H,28,31). The molecule has 11 heteroatoms. The van der Waals surface area contributed by atoms with Crippen LogP contribution in [0, 0.1) is 18.6 Å². The third-order valence-corrected chi connectivity index (χ3v) is 4.67. The summed E-state index contributed by atoms with van der Waals surface area (Å²) >= 11 is 5.87. The van der Waals surface area contributed by atoms with E-state index in [1.165, 1.54) is 24.3 Å². The molecule has 5 nitrogen and oxygen atoms in total. The van der Waals surface area contributed by atoms with Crippen LogP contribution >= 0.6 is 11.6 Å². The SMILES string of the molecule is Cc1ccc(-c2cc(OC(C)C(F)(F)F)c(C(=O)Nc3c(F)cccc3Cl)cc2F)nn1. The third kappa shape index (κ3) is 5.13. The number of rotatable bonds is 5. The fraction of sp³-hybridized carbons (Fsp3) is 0.190. The van der Waals surface area contributed by atoms with E-state index in [-0.39, 0.29) is 16.3 Å². The molecule has 168 valence electrons. The lowest BCUT2D eigenvalue weighted by Crippen LogP contribution is -2.32. The highest BCUT2D eigenvalue weighted by Gasteiger charge is 2.39. The Balaban J connectivity index is 2.08. The first-order valence-corrected chi connectivity index (χ1v) is 9.48. The molecule has 1 N–H and O–H groups in total. The number of anilines is 1. The normalized spacial score (nSPS) is 12.4. The van der Waals surface area contributed by atoms with Crippen LogP contribution in [0.4, 0.5) is 27.6 Å². The Labute approximate surface area is 184 Å². The lowest BCUT2D eigenvalue weighted by Gasteiger charge is -2.20. The Morgan fingerprint density at radius 3 is 2.41 bits per heavy atom. The van der Waals surface area contributed by atoms with Crippen LogP contribution in [-0.2, 0) is 0 Å². The van der Waals surface area contributed by atoms with Gasteiger partial charge in [0.05, 0.1) is 27.7 Å². The van der Waals surface area contributed by atoms with Gasteiger partial charge in [-0.15, -0.1) is 0 Å². The van der Waals surface area contributed by atoms with Gasteiger partial charge in [-0.3, -0.25) is 4.79 Å². The van der Waals surface area contributed by atoms with E-state index in [4.69, 9.17) is 16.3 Å². The Morgan fingerprint density at radius 2 is 1.81 bits per heavy atom. The number of aromatic nitrogens is 2. The largest absolute Gasteiger partial charge is 0.480 e. The summed E-state index contributed by atoms with van der Waals surface area (Å²) < 4.78 is 73.0. The average Bonchev–Trinajstić information content (AvgIpc) is 2.71. The molecule has 2 aromatic carbocycles. The van der Waals surface area contributed by atoms with E-state index in [0.29, 0.717) is 11.8 Å². The maximum atomic E-state index is 14.8. The Kier molecular flexibility index (Phi) is 6.63. The van der Waals surface area contributed by atoms with Gasteiger partial charge in [0.25, 0.3) is 5.91 Å². The van der Waals surface area contributed by atoms with Crippen LogP contribution in [0.15, 0.2) is 42.5 Å². The summed E-state index contributed by atoms with van der Waals surface area (Å²) in [5, 5.41) is 9.58. The van der Waals surface area contributed by atoms with Crippen molar-refractivity contribution in [2.24, 2.45) is 0 Å². The highest BCUT2D eigenvalue weighted by Crippen LogP contribution is 2.34. The van der Waals surface area contributed by atoms with Gasteiger partial charge in [0.1, 0.15) is 17.4 Å². The van der Waals surface area contributed by atoms with E-state index >= 15 is 0 Å². The zero-order valence-corrected chi connectivity index (χ0v) is 17.4. The number of hydrogen-bond acceptors (Lipinski definition) is 4. The van der Waals surface area contributed by atoms with Gasteiger partial charge < -0.3 is 10.1 Å². The minimum absolute atomic E-state index is 0.0155. The molecule has 0 saturated carbocycles. The minimum atomic E-state index is -4.76. The van der Waals surface area contributed by atoms with Crippen LogP contribution in [0.1, 0.15) is 23.0 Å². The van der Waals surface area contributed by atoms with Crippen LogP contribution in [0.5, 0.6) is 5.75 Å². The fourth-order valence-electron chi connectivity index (χ4n) is 2.62. The number of nitrogens with zero attached hydrogens (tertiary/aromatic N) is 2. The summed E-state index contributed by atoms with van der Waals surface area (Å²) in [5.74, 6) is -3.57. The van der Waals surface area contributed by atoms with E-state index in [0.717, 1.165) is 19.1 Å². The Morgan fingerprint density at radius 1 is 1.09 bits per heavy atom.